The molecular weight excluding hydrogens is 230 g/mol. The van der Waals surface area contributed by atoms with Crippen LogP contribution in [0.5, 0.6) is 0 Å². The number of halogens is 1. The predicted octanol–water partition coefficient (Wildman–Crippen LogP) is 1.92. The predicted molar refractivity (Wildman–Crippen MR) is 54.8 cm³/mol. The third kappa shape index (κ3) is 1.77. The Morgan fingerprint density at radius 1 is 1.62 bits per heavy atom. The summed E-state index contributed by atoms with van der Waals surface area (Å²) in [5.74, 6) is 0. The molecule has 1 heterocycles. The summed E-state index contributed by atoms with van der Waals surface area (Å²) in [4.78, 5) is 0. The zero-order valence-corrected chi connectivity index (χ0v) is 9.42. The van der Waals surface area contributed by atoms with Gasteiger partial charge < -0.3 is 0 Å². The van der Waals surface area contributed by atoms with E-state index in [0.29, 0.717) is 5.41 Å². The minimum atomic E-state index is 0.482. The number of nitrogens with zero attached hydrogens (tertiary/aromatic N) is 3. The summed E-state index contributed by atoms with van der Waals surface area (Å²) in [6.45, 7) is 0. The van der Waals surface area contributed by atoms with E-state index in [1.807, 2.05) is 13.2 Å². The lowest BCUT2D eigenvalue weighted by molar-refractivity contribution is 0.168. The quantitative estimate of drug-likeness (QED) is 0.760. The first-order valence-corrected chi connectivity index (χ1v) is 5.77. The fourth-order valence-electron chi connectivity index (χ4n) is 1.89. The maximum Gasteiger partial charge on any atom is 0.0832 e. The van der Waals surface area contributed by atoms with Gasteiger partial charge in [0.05, 0.1) is 5.69 Å². The van der Waals surface area contributed by atoms with Crippen molar-refractivity contribution in [2.24, 2.45) is 12.5 Å². The van der Waals surface area contributed by atoms with Crippen molar-refractivity contribution in [2.45, 2.75) is 25.7 Å². The molecule has 0 bridgehead atoms. The van der Waals surface area contributed by atoms with E-state index in [1.165, 1.54) is 19.3 Å². The number of hydrogen-bond donors (Lipinski definition) is 0. The lowest BCUT2D eigenvalue weighted by Crippen LogP contribution is -2.33. The van der Waals surface area contributed by atoms with Gasteiger partial charge in [-0.2, -0.15) is 0 Å². The molecule has 0 amide bonds. The molecule has 1 saturated carbocycles. The Kier molecular flexibility index (Phi) is 2.41. The Balaban J connectivity index is 2.04. The molecule has 0 aromatic carbocycles. The zero-order chi connectivity index (χ0) is 9.31. The second kappa shape index (κ2) is 3.40. The Bertz CT molecular complexity index is 285. The van der Waals surface area contributed by atoms with Gasteiger partial charge in [-0.1, -0.05) is 27.6 Å². The fraction of sp³-hybridized carbons (Fsp3) is 0.778. The third-order valence-corrected chi connectivity index (χ3v) is 4.09. The molecule has 3 nitrogen and oxygen atoms in total. The van der Waals surface area contributed by atoms with Gasteiger partial charge in [0.15, 0.2) is 0 Å². The fourth-order valence-corrected chi connectivity index (χ4v) is 2.65. The molecule has 0 N–H and O–H groups in total. The molecule has 1 aliphatic rings. The van der Waals surface area contributed by atoms with Crippen molar-refractivity contribution in [2.75, 3.05) is 5.33 Å². The summed E-state index contributed by atoms with van der Waals surface area (Å²) in [5, 5.41) is 9.16. The monoisotopic (exact) mass is 243 g/mol. The van der Waals surface area contributed by atoms with Crippen LogP contribution >= 0.6 is 15.9 Å². The van der Waals surface area contributed by atoms with Crippen LogP contribution in [-0.2, 0) is 13.5 Å². The number of alkyl halides is 1. The Labute approximate surface area is 86.6 Å². The van der Waals surface area contributed by atoms with Crippen LogP contribution in [0.1, 0.15) is 25.0 Å². The van der Waals surface area contributed by atoms with Crippen molar-refractivity contribution in [3.63, 3.8) is 0 Å². The van der Waals surface area contributed by atoms with E-state index in [0.717, 1.165) is 17.4 Å². The summed E-state index contributed by atoms with van der Waals surface area (Å²) in [6, 6.07) is 0. The Morgan fingerprint density at radius 2 is 2.38 bits per heavy atom. The first-order valence-electron chi connectivity index (χ1n) is 4.65. The largest absolute Gasteiger partial charge is 0.255 e. The highest BCUT2D eigenvalue weighted by atomic mass is 79.9. The maximum absolute atomic E-state index is 4.12. The molecule has 0 unspecified atom stereocenters. The Morgan fingerprint density at radius 3 is 2.77 bits per heavy atom. The molecule has 13 heavy (non-hydrogen) atoms. The van der Waals surface area contributed by atoms with Crippen LogP contribution in [0.25, 0.3) is 0 Å². The molecule has 0 saturated heterocycles. The van der Waals surface area contributed by atoms with Gasteiger partial charge >= 0.3 is 0 Å². The molecule has 2 rings (SSSR count). The van der Waals surface area contributed by atoms with Crippen molar-refractivity contribution in [3.8, 4) is 0 Å². The first kappa shape index (κ1) is 9.19. The van der Waals surface area contributed by atoms with Crippen molar-refractivity contribution in [3.05, 3.63) is 11.9 Å². The molecule has 1 aromatic rings. The molecule has 0 spiro atoms. The number of aryl methyl sites for hydroxylation is 1. The second-order valence-electron chi connectivity index (χ2n) is 4.05. The van der Waals surface area contributed by atoms with E-state index in [4.69, 9.17) is 0 Å². The van der Waals surface area contributed by atoms with E-state index >= 15 is 0 Å². The van der Waals surface area contributed by atoms with Crippen molar-refractivity contribution < 1.29 is 0 Å². The van der Waals surface area contributed by atoms with Crippen LogP contribution in [0.4, 0.5) is 0 Å². The van der Waals surface area contributed by atoms with Gasteiger partial charge in [-0.15, -0.1) is 5.10 Å². The smallest absolute Gasteiger partial charge is 0.0832 e. The highest BCUT2D eigenvalue weighted by molar-refractivity contribution is 9.09. The molecular formula is C9H14BrN3. The van der Waals surface area contributed by atoms with Gasteiger partial charge in [0.1, 0.15) is 0 Å². The van der Waals surface area contributed by atoms with Crippen LogP contribution < -0.4 is 0 Å². The lowest BCUT2D eigenvalue weighted by Gasteiger charge is -2.40. The molecule has 0 atom stereocenters. The van der Waals surface area contributed by atoms with Crippen molar-refractivity contribution in [1.29, 1.82) is 0 Å². The minimum absolute atomic E-state index is 0.482. The minimum Gasteiger partial charge on any atom is -0.255 e. The van der Waals surface area contributed by atoms with Gasteiger partial charge in [-0.25, -0.2) is 0 Å². The summed E-state index contributed by atoms with van der Waals surface area (Å²) >= 11 is 3.59. The molecule has 0 radical (unpaired) electrons. The summed E-state index contributed by atoms with van der Waals surface area (Å²) in [5.41, 5.74) is 1.61. The number of aromatic nitrogens is 3. The van der Waals surface area contributed by atoms with Crippen LogP contribution in [0.3, 0.4) is 0 Å². The van der Waals surface area contributed by atoms with E-state index in [2.05, 4.69) is 26.2 Å². The molecule has 0 aliphatic heterocycles. The highest BCUT2D eigenvalue weighted by Gasteiger charge is 2.36. The molecule has 4 heteroatoms. The average molecular weight is 244 g/mol. The normalized spacial score (nSPS) is 19.8. The van der Waals surface area contributed by atoms with Crippen LogP contribution in [-0.4, -0.2) is 20.3 Å². The summed E-state index contributed by atoms with van der Waals surface area (Å²) < 4.78 is 1.77. The summed E-state index contributed by atoms with van der Waals surface area (Å²) in [7, 11) is 1.91. The standard InChI is InChI=1S/C9H14BrN3/c1-13-6-8(11-12-13)5-9(7-10)3-2-4-9/h6H,2-5,7H2,1H3. The molecule has 1 fully saturated rings. The zero-order valence-electron chi connectivity index (χ0n) is 7.83. The van der Waals surface area contributed by atoms with Gasteiger partial charge in [0, 0.05) is 18.6 Å². The summed E-state index contributed by atoms with van der Waals surface area (Å²) in [6.07, 6.45) is 7.12. The van der Waals surface area contributed by atoms with Crippen LogP contribution in [0.15, 0.2) is 6.20 Å². The van der Waals surface area contributed by atoms with Gasteiger partial charge in [-0.3, -0.25) is 4.68 Å². The van der Waals surface area contributed by atoms with Crippen molar-refractivity contribution in [1.82, 2.24) is 15.0 Å². The van der Waals surface area contributed by atoms with Gasteiger partial charge in [0.2, 0.25) is 0 Å². The number of hydrogen-bond acceptors (Lipinski definition) is 2. The van der Waals surface area contributed by atoms with Crippen molar-refractivity contribution >= 4 is 15.9 Å². The SMILES string of the molecule is Cn1cc(CC2(CBr)CCC2)nn1. The first-order chi connectivity index (χ1) is 6.24. The van der Waals surface area contributed by atoms with E-state index < -0.39 is 0 Å². The van der Waals surface area contributed by atoms with Gasteiger partial charge in [-0.05, 0) is 24.7 Å². The average Bonchev–Trinajstić information content (AvgIpc) is 2.44. The van der Waals surface area contributed by atoms with Gasteiger partial charge in [0.25, 0.3) is 0 Å². The number of rotatable bonds is 3. The van der Waals surface area contributed by atoms with E-state index in [1.54, 1.807) is 4.68 Å². The highest BCUT2D eigenvalue weighted by Crippen LogP contribution is 2.44. The third-order valence-electron chi connectivity index (χ3n) is 2.90. The second-order valence-corrected chi connectivity index (χ2v) is 4.61. The maximum atomic E-state index is 4.12. The topological polar surface area (TPSA) is 30.7 Å². The molecule has 72 valence electrons. The van der Waals surface area contributed by atoms with Crippen LogP contribution in [0.2, 0.25) is 0 Å². The lowest BCUT2D eigenvalue weighted by atomic mass is 9.68. The van der Waals surface area contributed by atoms with Crippen LogP contribution in [0, 0.1) is 5.41 Å². The van der Waals surface area contributed by atoms with E-state index in [-0.39, 0.29) is 0 Å². The molecule has 1 aliphatic carbocycles. The van der Waals surface area contributed by atoms with E-state index in [9.17, 15) is 0 Å². The molecule has 1 aromatic heterocycles. The Hall–Kier alpha value is -0.380.